The number of anilines is 3. The fraction of sp³-hybridized carbons (Fsp3) is 0.200. The van der Waals surface area contributed by atoms with E-state index < -0.39 is 11.5 Å². The van der Waals surface area contributed by atoms with Gasteiger partial charge < -0.3 is 20.7 Å². The smallest absolute Gasteiger partial charge is 0.284 e. The first kappa shape index (κ1) is 28.1. The van der Waals surface area contributed by atoms with Gasteiger partial charge in [-0.1, -0.05) is 29.8 Å². The van der Waals surface area contributed by atoms with E-state index in [1.165, 1.54) is 10.9 Å². The minimum Gasteiger partial charge on any atom is -0.382 e. The van der Waals surface area contributed by atoms with E-state index in [0.29, 0.717) is 44.9 Å². The van der Waals surface area contributed by atoms with Gasteiger partial charge in [0, 0.05) is 27.2 Å². The zero-order valence-corrected chi connectivity index (χ0v) is 24.4. The van der Waals surface area contributed by atoms with Crippen molar-refractivity contribution < 1.29 is 9.53 Å². The van der Waals surface area contributed by atoms with E-state index in [9.17, 15) is 9.59 Å². The number of hydrogen-bond acceptors (Lipinski definition) is 9. The van der Waals surface area contributed by atoms with Crippen molar-refractivity contribution in [1.29, 1.82) is 0 Å². The lowest BCUT2D eigenvalue weighted by Crippen LogP contribution is -2.52. The Kier molecular flexibility index (Phi) is 7.38. The third kappa shape index (κ3) is 5.22. The van der Waals surface area contributed by atoms with E-state index in [4.69, 9.17) is 32.0 Å². The second kappa shape index (κ2) is 11.3. The van der Waals surface area contributed by atoms with Gasteiger partial charge in [0.05, 0.1) is 52.0 Å². The molecule has 6 rings (SSSR count). The number of methoxy groups -OCH3 is 1. The summed E-state index contributed by atoms with van der Waals surface area (Å²) in [5.74, 6) is 0.469. The van der Waals surface area contributed by atoms with Crippen molar-refractivity contribution in [2.75, 3.05) is 36.1 Å². The summed E-state index contributed by atoms with van der Waals surface area (Å²) in [5, 5.41) is 3.15. The summed E-state index contributed by atoms with van der Waals surface area (Å²) in [6, 6.07) is 16.0. The van der Waals surface area contributed by atoms with Gasteiger partial charge in [-0.3, -0.25) is 19.3 Å². The molecule has 1 saturated heterocycles. The SMILES string of the molecule is COC1CN(c2cccc(-c3cnc(N)c(-c4ccc(NC(=O)c5c(C)n(C)n(-c6ccccc6Cl)c5=O)cn4)n3)n2)C1. The maximum absolute atomic E-state index is 13.3. The number of aromatic nitrogens is 6. The number of carbonyl (C=O) groups is 1. The van der Waals surface area contributed by atoms with Crippen molar-refractivity contribution in [1.82, 2.24) is 29.3 Å². The van der Waals surface area contributed by atoms with Crippen molar-refractivity contribution in [2.45, 2.75) is 13.0 Å². The summed E-state index contributed by atoms with van der Waals surface area (Å²) < 4.78 is 8.33. The molecule has 1 aliphatic rings. The molecule has 1 aromatic carbocycles. The molecule has 1 aliphatic heterocycles. The Hall–Kier alpha value is -5.07. The first-order chi connectivity index (χ1) is 20.7. The van der Waals surface area contributed by atoms with Gasteiger partial charge in [-0.05, 0) is 43.3 Å². The molecule has 43 heavy (non-hydrogen) atoms. The molecule has 0 bridgehead atoms. The highest BCUT2D eigenvalue weighted by Crippen LogP contribution is 2.27. The molecule has 218 valence electrons. The summed E-state index contributed by atoms with van der Waals surface area (Å²) in [6.45, 7) is 3.25. The molecule has 3 N–H and O–H groups in total. The maximum Gasteiger partial charge on any atom is 0.284 e. The number of hydrogen-bond donors (Lipinski definition) is 2. The van der Waals surface area contributed by atoms with Gasteiger partial charge in [-0.2, -0.15) is 0 Å². The minimum atomic E-state index is -0.565. The number of halogens is 1. The van der Waals surface area contributed by atoms with Crippen molar-refractivity contribution in [3.8, 4) is 28.5 Å². The predicted octanol–water partition coefficient (Wildman–Crippen LogP) is 3.72. The third-order valence-corrected chi connectivity index (χ3v) is 7.75. The number of nitrogen functional groups attached to an aromatic ring is 1. The highest BCUT2D eigenvalue weighted by atomic mass is 35.5. The van der Waals surface area contributed by atoms with Crippen LogP contribution in [-0.4, -0.2) is 61.5 Å². The van der Waals surface area contributed by atoms with Crippen LogP contribution in [0.2, 0.25) is 5.02 Å². The molecule has 0 saturated carbocycles. The Labute approximate surface area is 251 Å². The number of nitrogens with zero attached hydrogens (tertiary/aromatic N) is 7. The van der Waals surface area contributed by atoms with Crippen LogP contribution in [0.5, 0.6) is 0 Å². The number of carbonyl (C=O) groups excluding carboxylic acids is 1. The van der Waals surface area contributed by atoms with E-state index >= 15 is 0 Å². The standard InChI is InChI=1S/C30H28ClN9O3/c1-17-26(30(42)40(38(17)2)24-9-5-4-7-20(24)31)29(41)35-18-11-12-22(33-13-18)27-28(32)34-14-23(37-27)21-8-6-10-25(36-21)39-15-19(16-39)43-3/h4-14,19H,15-16H2,1-3H3,(H2,32,34)(H,35,41). The lowest BCUT2D eigenvalue weighted by Gasteiger charge is -2.39. The average Bonchev–Trinajstić information content (AvgIpc) is 3.21. The molecule has 12 nitrogen and oxygen atoms in total. The van der Waals surface area contributed by atoms with Gasteiger partial charge in [0.1, 0.15) is 22.8 Å². The van der Waals surface area contributed by atoms with Crippen LogP contribution in [0.15, 0.2) is 71.8 Å². The van der Waals surface area contributed by atoms with E-state index in [1.54, 1.807) is 68.4 Å². The molecule has 4 aromatic heterocycles. The molecule has 5 heterocycles. The molecular weight excluding hydrogens is 570 g/mol. The maximum atomic E-state index is 13.3. The van der Waals surface area contributed by atoms with E-state index in [2.05, 4.69) is 20.2 Å². The summed E-state index contributed by atoms with van der Waals surface area (Å²) in [7, 11) is 3.40. The minimum absolute atomic E-state index is 0.00000650. The van der Waals surface area contributed by atoms with Crippen molar-refractivity contribution in [2.24, 2.45) is 7.05 Å². The number of ether oxygens (including phenoxy) is 1. The normalized spacial score (nSPS) is 13.2. The molecule has 0 radical (unpaired) electrons. The molecular formula is C30H28ClN9O3. The van der Waals surface area contributed by atoms with Crippen LogP contribution >= 0.6 is 11.6 Å². The zero-order chi connectivity index (χ0) is 30.2. The number of para-hydroxylation sites is 1. The fourth-order valence-corrected chi connectivity index (χ4v) is 5.11. The molecule has 0 aliphatic carbocycles. The van der Waals surface area contributed by atoms with Crippen LogP contribution in [-0.2, 0) is 11.8 Å². The number of amides is 1. The van der Waals surface area contributed by atoms with Crippen LogP contribution in [0.25, 0.3) is 28.5 Å². The van der Waals surface area contributed by atoms with Crippen LogP contribution in [0.1, 0.15) is 16.1 Å². The molecule has 1 amide bonds. The van der Waals surface area contributed by atoms with Gasteiger partial charge in [-0.25, -0.2) is 19.6 Å². The molecule has 1 fully saturated rings. The van der Waals surface area contributed by atoms with Gasteiger partial charge in [-0.15, -0.1) is 0 Å². The molecule has 0 spiro atoms. The highest BCUT2D eigenvalue weighted by Gasteiger charge is 2.28. The highest BCUT2D eigenvalue weighted by molar-refractivity contribution is 6.32. The molecule has 13 heteroatoms. The third-order valence-electron chi connectivity index (χ3n) is 7.43. The van der Waals surface area contributed by atoms with Gasteiger partial charge in [0.2, 0.25) is 0 Å². The number of benzene rings is 1. The molecule has 0 atom stereocenters. The Balaban J connectivity index is 1.23. The zero-order valence-electron chi connectivity index (χ0n) is 23.7. The topological polar surface area (TPSA) is 146 Å². The number of nitrogens with two attached hydrogens (primary N) is 1. The Morgan fingerprint density at radius 1 is 1.00 bits per heavy atom. The Morgan fingerprint density at radius 2 is 1.79 bits per heavy atom. The first-order valence-corrected chi connectivity index (χ1v) is 13.8. The monoisotopic (exact) mass is 597 g/mol. The first-order valence-electron chi connectivity index (χ1n) is 13.4. The van der Waals surface area contributed by atoms with Crippen molar-refractivity contribution >= 4 is 34.8 Å². The van der Waals surface area contributed by atoms with E-state index in [1.807, 2.05) is 18.2 Å². The quantitative estimate of drug-likeness (QED) is 0.286. The van der Waals surface area contributed by atoms with E-state index in [-0.39, 0.29) is 17.5 Å². The Bertz CT molecular complexity index is 1900. The number of nitrogens with one attached hydrogen (secondary N) is 1. The average molecular weight is 598 g/mol. The summed E-state index contributed by atoms with van der Waals surface area (Å²) in [4.78, 5) is 46.9. The van der Waals surface area contributed by atoms with Crippen LogP contribution in [0, 0.1) is 6.92 Å². The van der Waals surface area contributed by atoms with E-state index in [0.717, 1.165) is 18.9 Å². The number of pyridine rings is 2. The van der Waals surface area contributed by atoms with Crippen molar-refractivity contribution in [3.05, 3.63) is 93.6 Å². The van der Waals surface area contributed by atoms with Crippen LogP contribution in [0.3, 0.4) is 0 Å². The Morgan fingerprint density at radius 3 is 2.51 bits per heavy atom. The van der Waals surface area contributed by atoms with Crippen molar-refractivity contribution in [3.63, 3.8) is 0 Å². The van der Waals surface area contributed by atoms with Gasteiger partial charge >= 0.3 is 0 Å². The lowest BCUT2D eigenvalue weighted by atomic mass is 10.1. The largest absolute Gasteiger partial charge is 0.382 e. The summed E-state index contributed by atoms with van der Waals surface area (Å²) in [5.41, 5.74) is 9.07. The summed E-state index contributed by atoms with van der Waals surface area (Å²) >= 11 is 6.32. The molecule has 5 aromatic rings. The lowest BCUT2D eigenvalue weighted by molar-refractivity contribution is 0.0783. The number of rotatable bonds is 7. The second-order valence-electron chi connectivity index (χ2n) is 10.1. The van der Waals surface area contributed by atoms with Gasteiger partial charge in [0.15, 0.2) is 5.82 Å². The van der Waals surface area contributed by atoms with Crippen LogP contribution < -0.4 is 21.5 Å². The van der Waals surface area contributed by atoms with Crippen LogP contribution in [0.4, 0.5) is 17.3 Å². The predicted molar refractivity (Wildman–Crippen MR) is 165 cm³/mol. The van der Waals surface area contributed by atoms with Gasteiger partial charge in [0.25, 0.3) is 11.5 Å². The summed E-state index contributed by atoms with van der Waals surface area (Å²) in [6.07, 6.45) is 3.25. The second-order valence-corrected chi connectivity index (χ2v) is 10.5. The molecule has 0 unspecified atom stereocenters. The fourth-order valence-electron chi connectivity index (χ4n) is 4.89.